The van der Waals surface area contributed by atoms with Gasteiger partial charge in [0.05, 0.1) is 19.1 Å². The Hall–Kier alpha value is -2.47. The van der Waals surface area contributed by atoms with E-state index in [2.05, 4.69) is 62.3 Å². The number of amides is 1. The first-order valence-electron chi connectivity index (χ1n) is 10.2. The second-order valence-electron chi connectivity index (χ2n) is 8.50. The lowest BCUT2D eigenvalue weighted by molar-refractivity contribution is -0.118. The van der Waals surface area contributed by atoms with Crippen LogP contribution in [0.4, 0.5) is 5.69 Å². The van der Waals surface area contributed by atoms with Gasteiger partial charge >= 0.3 is 0 Å². The zero-order chi connectivity index (χ0) is 21.9. The quantitative estimate of drug-likeness (QED) is 0.403. The molecule has 5 nitrogen and oxygen atoms in total. The molecule has 2 aromatic rings. The van der Waals surface area contributed by atoms with Crippen LogP contribution in [0.5, 0.6) is 5.75 Å². The fraction of sp³-hybridized carbons (Fsp3) is 0.417. The lowest BCUT2D eigenvalue weighted by atomic mass is 9.79. The van der Waals surface area contributed by atoms with Crippen LogP contribution >= 0.6 is 11.8 Å². The number of rotatable bonds is 6. The first-order valence-corrected chi connectivity index (χ1v) is 11.2. The normalized spacial score (nSPS) is 17.7. The molecular formula is C24H31N3O2S. The minimum absolute atomic E-state index is 0.127. The summed E-state index contributed by atoms with van der Waals surface area (Å²) in [4.78, 5) is 15.5. The molecule has 1 amide bonds. The van der Waals surface area contributed by atoms with Crippen LogP contribution < -0.4 is 15.1 Å². The van der Waals surface area contributed by atoms with Gasteiger partial charge in [-0.2, -0.15) is 5.10 Å². The van der Waals surface area contributed by atoms with Crippen molar-refractivity contribution >= 4 is 29.6 Å². The number of ether oxygens (including phenoxy) is 1. The summed E-state index contributed by atoms with van der Waals surface area (Å²) in [6.45, 7) is 8.94. The number of fused-ring (bicyclic) bond motifs is 1. The highest BCUT2D eigenvalue weighted by Gasteiger charge is 2.34. The number of methoxy groups -OCH3 is 1. The van der Waals surface area contributed by atoms with Crippen molar-refractivity contribution in [1.29, 1.82) is 0 Å². The van der Waals surface area contributed by atoms with Crippen LogP contribution in [-0.2, 0) is 4.79 Å². The summed E-state index contributed by atoms with van der Waals surface area (Å²) in [5, 5.41) is 4.19. The van der Waals surface area contributed by atoms with Gasteiger partial charge in [-0.1, -0.05) is 6.92 Å². The van der Waals surface area contributed by atoms with Gasteiger partial charge in [0.2, 0.25) is 5.91 Å². The zero-order valence-electron chi connectivity index (χ0n) is 18.7. The third-order valence-corrected chi connectivity index (χ3v) is 6.86. The minimum atomic E-state index is -0.127. The van der Waals surface area contributed by atoms with E-state index in [9.17, 15) is 4.79 Å². The van der Waals surface area contributed by atoms with Gasteiger partial charge in [-0.3, -0.25) is 4.79 Å². The number of hydrogen-bond acceptors (Lipinski definition) is 5. The van der Waals surface area contributed by atoms with E-state index >= 15 is 0 Å². The number of anilines is 1. The Bertz CT molecular complexity index is 938. The molecule has 160 valence electrons. The monoisotopic (exact) mass is 425 g/mol. The van der Waals surface area contributed by atoms with Crippen LogP contribution in [0, 0.1) is 6.92 Å². The van der Waals surface area contributed by atoms with E-state index in [0.717, 1.165) is 28.2 Å². The summed E-state index contributed by atoms with van der Waals surface area (Å²) in [5.74, 6) is 1.47. The van der Waals surface area contributed by atoms with E-state index in [1.165, 1.54) is 23.0 Å². The van der Waals surface area contributed by atoms with Gasteiger partial charge in [-0.15, -0.1) is 11.8 Å². The predicted molar refractivity (Wildman–Crippen MR) is 126 cm³/mol. The second-order valence-corrected chi connectivity index (χ2v) is 9.55. The van der Waals surface area contributed by atoms with Gasteiger partial charge in [0.15, 0.2) is 0 Å². The number of hydrogen-bond donors (Lipinski definition) is 1. The third kappa shape index (κ3) is 4.98. The van der Waals surface area contributed by atoms with Crippen molar-refractivity contribution < 1.29 is 9.53 Å². The van der Waals surface area contributed by atoms with Crippen molar-refractivity contribution in [1.82, 2.24) is 5.43 Å². The van der Waals surface area contributed by atoms with Crippen molar-refractivity contribution in [3.05, 3.63) is 53.1 Å². The first-order chi connectivity index (χ1) is 14.2. The maximum Gasteiger partial charge on any atom is 0.250 e. The Morgan fingerprint density at radius 3 is 2.70 bits per heavy atom. The van der Waals surface area contributed by atoms with Gasteiger partial charge in [0.25, 0.3) is 0 Å². The molecule has 6 heteroatoms. The summed E-state index contributed by atoms with van der Waals surface area (Å²) in [6.07, 6.45) is 2.85. The molecule has 0 fully saturated rings. The standard InChI is InChI=1S/C24H31N3O2S/c1-16-11-22-21(17(2)13-24(3,4)27(22)5)12-18(16)14-25-26-23(28)15-30-20-9-7-19(29-6)8-10-20/h7-12,14,17H,13,15H2,1-6H3,(H,26,28)/b25-14+. The van der Waals surface area contributed by atoms with Crippen molar-refractivity contribution in [2.75, 3.05) is 24.8 Å². The molecule has 0 saturated carbocycles. The van der Waals surface area contributed by atoms with Gasteiger partial charge in [-0.25, -0.2) is 5.43 Å². The number of nitrogens with one attached hydrogen (secondary N) is 1. The fourth-order valence-corrected chi connectivity index (χ4v) is 4.59. The van der Waals surface area contributed by atoms with Gasteiger partial charge < -0.3 is 9.64 Å². The van der Waals surface area contributed by atoms with E-state index in [1.54, 1.807) is 13.3 Å². The summed E-state index contributed by atoms with van der Waals surface area (Å²) in [7, 11) is 3.80. The molecule has 3 rings (SSSR count). The number of hydrazone groups is 1. The summed E-state index contributed by atoms with van der Waals surface area (Å²) in [6, 6.07) is 12.1. The summed E-state index contributed by atoms with van der Waals surface area (Å²) < 4.78 is 5.15. The predicted octanol–water partition coefficient (Wildman–Crippen LogP) is 4.97. The highest BCUT2D eigenvalue weighted by atomic mass is 32.2. The van der Waals surface area contributed by atoms with E-state index in [4.69, 9.17) is 4.74 Å². The Labute approximate surface area is 183 Å². The Kier molecular flexibility index (Phi) is 6.76. The first kappa shape index (κ1) is 22.2. The smallest absolute Gasteiger partial charge is 0.250 e. The van der Waals surface area contributed by atoms with Crippen LogP contribution in [0.15, 0.2) is 46.4 Å². The molecule has 0 bridgehead atoms. The van der Waals surface area contributed by atoms with Crippen LogP contribution in [0.2, 0.25) is 0 Å². The molecule has 1 N–H and O–H groups in total. The minimum Gasteiger partial charge on any atom is -0.497 e. The Morgan fingerprint density at radius 1 is 1.33 bits per heavy atom. The highest BCUT2D eigenvalue weighted by Crippen LogP contribution is 2.43. The van der Waals surface area contributed by atoms with Crippen LogP contribution in [0.3, 0.4) is 0 Å². The highest BCUT2D eigenvalue weighted by molar-refractivity contribution is 8.00. The molecular weight excluding hydrogens is 394 g/mol. The maximum absolute atomic E-state index is 12.1. The average molecular weight is 426 g/mol. The van der Waals surface area contributed by atoms with E-state index in [0.29, 0.717) is 11.7 Å². The van der Waals surface area contributed by atoms with E-state index in [1.807, 2.05) is 24.3 Å². The van der Waals surface area contributed by atoms with E-state index in [-0.39, 0.29) is 11.4 Å². The molecule has 1 heterocycles. The molecule has 0 spiro atoms. The number of carbonyl (C=O) groups excluding carboxylic acids is 1. The van der Waals surface area contributed by atoms with E-state index < -0.39 is 0 Å². The Morgan fingerprint density at radius 2 is 2.03 bits per heavy atom. The topological polar surface area (TPSA) is 53.9 Å². The largest absolute Gasteiger partial charge is 0.497 e. The molecule has 0 aliphatic carbocycles. The van der Waals surface area contributed by atoms with Gasteiger partial charge in [-0.05, 0) is 86.2 Å². The van der Waals surface area contributed by atoms with Crippen molar-refractivity contribution in [3.63, 3.8) is 0 Å². The number of nitrogens with zero attached hydrogens (tertiary/aromatic N) is 2. The third-order valence-electron chi connectivity index (χ3n) is 5.84. The molecule has 1 unspecified atom stereocenters. The lowest BCUT2D eigenvalue weighted by Crippen LogP contribution is -2.45. The lowest BCUT2D eigenvalue weighted by Gasteiger charge is -2.45. The molecule has 1 atom stereocenters. The van der Waals surface area contributed by atoms with Crippen LogP contribution in [0.25, 0.3) is 0 Å². The molecule has 1 aliphatic rings. The molecule has 2 aromatic carbocycles. The van der Waals surface area contributed by atoms with Crippen molar-refractivity contribution in [2.45, 2.75) is 50.5 Å². The van der Waals surface area contributed by atoms with Crippen LogP contribution in [-0.4, -0.2) is 37.6 Å². The fourth-order valence-electron chi connectivity index (χ4n) is 3.90. The van der Waals surface area contributed by atoms with Gasteiger partial charge in [0, 0.05) is 23.2 Å². The number of aryl methyl sites for hydroxylation is 1. The number of benzene rings is 2. The summed E-state index contributed by atoms with van der Waals surface area (Å²) >= 11 is 1.47. The molecule has 30 heavy (non-hydrogen) atoms. The molecule has 0 saturated heterocycles. The second kappa shape index (κ2) is 9.13. The average Bonchev–Trinajstić information content (AvgIpc) is 2.71. The number of thioether (sulfide) groups is 1. The molecule has 0 aromatic heterocycles. The number of carbonyl (C=O) groups is 1. The molecule has 1 aliphatic heterocycles. The van der Waals surface area contributed by atoms with Crippen molar-refractivity contribution in [2.24, 2.45) is 5.10 Å². The van der Waals surface area contributed by atoms with Crippen LogP contribution in [0.1, 0.15) is 49.8 Å². The Balaban J connectivity index is 1.62. The zero-order valence-corrected chi connectivity index (χ0v) is 19.5. The van der Waals surface area contributed by atoms with Crippen molar-refractivity contribution in [3.8, 4) is 5.75 Å². The maximum atomic E-state index is 12.1. The molecule has 0 radical (unpaired) electrons. The van der Waals surface area contributed by atoms with Gasteiger partial charge in [0.1, 0.15) is 5.75 Å². The summed E-state index contributed by atoms with van der Waals surface area (Å²) in [5.41, 5.74) is 7.59. The SMILES string of the molecule is COc1ccc(SCC(=O)N/N=C/c2cc3c(cc2C)N(C)C(C)(C)CC3C)cc1.